The summed E-state index contributed by atoms with van der Waals surface area (Å²) >= 11 is 15.6. The quantitative estimate of drug-likeness (QED) is 0.364. The van der Waals surface area contributed by atoms with Crippen molar-refractivity contribution >= 4 is 75.6 Å². The molecule has 2 aromatic rings. The Kier molecular flexibility index (Phi) is 8.39. The van der Waals surface area contributed by atoms with Crippen molar-refractivity contribution in [2.75, 3.05) is 4.90 Å². The fraction of sp³-hybridized carbons (Fsp3) is 0.421. The van der Waals surface area contributed by atoms with Gasteiger partial charge in [-0.3, -0.25) is 0 Å². The second kappa shape index (κ2) is 10.1. The van der Waals surface area contributed by atoms with Crippen molar-refractivity contribution in [2.24, 2.45) is 0 Å². The van der Waals surface area contributed by atoms with Crippen LogP contribution in [0.4, 0.5) is 15.4 Å². The molecule has 168 valence electrons. The summed E-state index contributed by atoms with van der Waals surface area (Å²) in [5.74, 6) is -0.118. The zero-order chi connectivity index (χ0) is 23.6. The van der Waals surface area contributed by atoms with E-state index in [2.05, 4.69) is 15.0 Å². The van der Waals surface area contributed by atoms with Crippen LogP contribution in [0.15, 0.2) is 28.4 Å². The number of hydrogen-bond donors (Lipinski definition) is 0. The van der Waals surface area contributed by atoms with Gasteiger partial charge in [-0.25, -0.2) is 24.5 Å². The lowest BCUT2D eigenvalue weighted by Gasteiger charge is -2.28. The highest BCUT2D eigenvalue weighted by Gasteiger charge is 2.35. The molecule has 0 spiro atoms. The van der Waals surface area contributed by atoms with Crippen LogP contribution >= 0.6 is 57.6 Å². The minimum Gasteiger partial charge on any atom is -0.443 e. The molecule has 0 aliphatic carbocycles. The Morgan fingerprint density at radius 1 is 1.03 bits per heavy atom. The zero-order valence-electron chi connectivity index (χ0n) is 17.7. The number of rotatable bonds is 3. The summed E-state index contributed by atoms with van der Waals surface area (Å²) in [5, 5.41) is 0.859. The molecule has 2 aromatic heterocycles. The lowest BCUT2D eigenvalue weighted by Crippen LogP contribution is -2.44. The van der Waals surface area contributed by atoms with Gasteiger partial charge in [-0.1, -0.05) is 35.0 Å². The van der Waals surface area contributed by atoms with E-state index in [0.29, 0.717) is 18.5 Å². The Morgan fingerprint density at radius 3 is 2.06 bits per heavy atom. The third kappa shape index (κ3) is 7.62. The fourth-order valence-corrected chi connectivity index (χ4v) is 4.09. The van der Waals surface area contributed by atoms with Gasteiger partial charge in [-0.05, 0) is 70.2 Å². The highest BCUT2D eigenvalue weighted by atomic mass is 127. The second-order valence-corrected chi connectivity index (χ2v) is 11.0. The van der Waals surface area contributed by atoms with Crippen molar-refractivity contribution in [3.8, 4) is 0 Å². The number of anilines is 1. The van der Waals surface area contributed by atoms with Crippen LogP contribution in [-0.2, 0) is 9.47 Å². The largest absolute Gasteiger partial charge is 0.443 e. The van der Waals surface area contributed by atoms with E-state index in [1.54, 1.807) is 47.6 Å². The molecule has 2 heterocycles. The predicted octanol–water partition coefficient (Wildman–Crippen LogP) is 6.61. The van der Waals surface area contributed by atoms with Gasteiger partial charge in [0.05, 0.1) is 11.2 Å². The number of ether oxygens (including phenoxy) is 2. The second-order valence-electron chi connectivity index (χ2n) is 8.13. The van der Waals surface area contributed by atoms with Crippen molar-refractivity contribution in [1.82, 2.24) is 15.0 Å². The van der Waals surface area contributed by atoms with Crippen LogP contribution in [0, 0.1) is 3.70 Å². The monoisotopic (exact) mass is 598 g/mol. The number of amides is 2. The van der Waals surface area contributed by atoms with Crippen LogP contribution in [0.25, 0.3) is 0 Å². The van der Waals surface area contributed by atoms with E-state index in [4.69, 9.17) is 32.7 Å². The van der Waals surface area contributed by atoms with Crippen molar-refractivity contribution in [2.45, 2.75) is 62.7 Å². The third-order valence-electron chi connectivity index (χ3n) is 3.08. The van der Waals surface area contributed by atoms with E-state index >= 15 is 0 Å². The zero-order valence-corrected chi connectivity index (χ0v) is 22.2. The lowest BCUT2D eigenvalue weighted by molar-refractivity contribution is 0.0429. The van der Waals surface area contributed by atoms with E-state index in [1.807, 2.05) is 22.6 Å². The number of halogens is 3. The summed E-state index contributed by atoms with van der Waals surface area (Å²) in [6.45, 7) is 10.1. The van der Waals surface area contributed by atoms with Gasteiger partial charge < -0.3 is 9.47 Å². The SMILES string of the molecule is CC(C)(C)OC(=O)N(C(=O)OC(C)(C)C)c1nccc(Sc2ncc(Cl)nc2I)c1Cl. The Morgan fingerprint density at radius 2 is 1.58 bits per heavy atom. The third-order valence-corrected chi connectivity index (χ3v) is 5.91. The average molecular weight is 599 g/mol. The molecule has 0 unspecified atom stereocenters. The molecule has 0 aliphatic rings. The number of pyridine rings is 1. The smallest absolute Gasteiger partial charge is 0.425 e. The van der Waals surface area contributed by atoms with Gasteiger partial charge in [0, 0.05) is 11.1 Å². The standard InChI is InChI=1S/C19H21Cl2IN4O4S/c1-18(2,3)29-16(27)26(17(28)30-19(4,5)6)14-12(21)10(7-8-23-14)31-15-13(22)25-11(20)9-24-15/h7-9H,1-6H3. The maximum atomic E-state index is 12.9. The van der Waals surface area contributed by atoms with Crippen molar-refractivity contribution in [1.29, 1.82) is 0 Å². The molecule has 0 atom stereocenters. The number of aromatic nitrogens is 3. The van der Waals surface area contributed by atoms with Gasteiger partial charge in [0.1, 0.15) is 25.1 Å². The maximum absolute atomic E-state index is 12.9. The van der Waals surface area contributed by atoms with Gasteiger partial charge in [-0.2, -0.15) is 4.90 Å². The summed E-state index contributed by atoms with van der Waals surface area (Å²) in [6, 6.07) is 1.63. The summed E-state index contributed by atoms with van der Waals surface area (Å²) in [4.78, 5) is 39.4. The summed E-state index contributed by atoms with van der Waals surface area (Å²) in [5.41, 5.74) is -1.71. The first kappa shape index (κ1) is 25.9. The van der Waals surface area contributed by atoms with Crippen LogP contribution in [-0.4, -0.2) is 38.3 Å². The molecule has 0 aromatic carbocycles. The molecule has 0 saturated heterocycles. The molecular formula is C19H21Cl2IN4O4S. The van der Waals surface area contributed by atoms with Crippen molar-refractivity contribution < 1.29 is 19.1 Å². The van der Waals surface area contributed by atoms with E-state index < -0.39 is 23.4 Å². The highest BCUT2D eigenvalue weighted by molar-refractivity contribution is 14.1. The van der Waals surface area contributed by atoms with E-state index in [1.165, 1.54) is 24.2 Å². The van der Waals surface area contributed by atoms with Crippen molar-refractivity contribution in [3.63, 3.8) is 0 Å². The Balaban J connectivity index is 2.49. The molecule has 0 aliphatic heterocycles. The van der Waals surface area contributed by atoms with Gasteiger partial charge in [0.2, 0.25) is 0 Å². The van der Waals surface area contributed by atoms with Crippen LogP contribution in [0.2, 0.25) is 10.2 Å². The van der Waals surface area contributed by atoms with E-state index in [-0.39, 0.29) is 16.0 Å². The minimum atomic E-state index is -0.959. The number of carbonyl (C=O) groups is 2. The van der Waals surface area contributed by atoms with Gasteiger partial charge in [-0.15, -0.1) is 0 Å². The molecule has 0 saturated carbocycles. The van der Waals surface area contributed by atoms with Crippen LogP contribution in [0.3, 0.4) is 0 Å². The predicted molar refractivity (Wildman–Crippen MR) is 128 cm³/mol. The summed E-state index contributed by atoms with van der Waals surface area (Å²) in [7, 11) is 0. The first-order valence-corrected chi connectivity index (χ1v) is 11.6. The average Bonchev–Trinajstić information content (AvgIpc) is 2.57. The van der Waals surface area contributed by atoms with Crippen LogP contribution in [0.5, 0.6) is 0 Å². The number of nitrogens with zero attached hydrogens (tertiary/aromatic N) is 4. The maximum Gasteiger partial charge on any atom is 0.425 e. The number of hydrogen-bond acceptors (Lipinski definition) is 8. The Labute approximate surface area is 208 Å². The van der Waals surface area contributed by atoms with Crippen LogP contribution < -0.4 is 4.90 Å². The Bertz CT molecular complexity index is 968. The van der Waals surface area contributed by atoms with E-state index in [9.17, 15) is 9.59 Å². The molecular weight excluding hydrogens is 578 g/mol. The Hall–Kier alpha value is -1.37. The molecule has 31 heavy (non-hydrogen) atoms. The van der Waals surface area contributed by atoms with Gasteiger partial charge in [0.25, 0.3) is 0 Å². The van der Waals surface area contributed by atoms with E-state index in [0.717, 1.165) is 0 Å². The molecule has 0 N–H and O–H groups in total. The molecule has 0 fully saturated rings. The summed E-state index contributed by atoms with van der Waals surface area (Å²) < 4.78 is 11.3. The minimum absolute atomic E-state index is 0.0526. The first-order chi connectivity index (χ1) is 14.2. The molecule has 0 bridgehead atoms. The molecule has 0 radical (unpaired) electrons. The molecule has 2 amide bonds. The van der Waals surface area contributed by atoms with Gasteiger partial charge in [0.15, 0.2) is 5.82 Å². The lowest BCUT2D eigenvalue weighted by atomic mass is 10.2. The number of carbonyl (C=O) groups excluding carboxylic acids is 2. The fourth-order valence-electron chi connectivity index (χ4n) is 2.02. The molecule has 2 rings (SSSR count). The van der Waals surface area contributed by atoms with Gasteiger partial charge >= 0.3 is 12.2 Å². The van der Waals surface area contributed by atoms with Crippen molar-refractivity contribution in [3.05, 3.63) is 32.3 Å². The normalized spacial score (nSPS) is 11.8. The summed E-state index contributed by atoms with van der Waals surface area (Å²) in [6.07, 6.45) is 0.912. The van der Waals surface area contributed by atoms with Crippen LogP contribution in [0.1, 0.15) is 41.5 Å². The number of imide groups is 1. The first-order valence-electron chi connectivity index (χ1n) is 8.94. The molecule has 12 heteroatoms. The highest BCUT2D eigenvalue weighted by Crippen LogP contribution is 2.39. The molecule has 8 nitrogen and oxygen atoms in total. The topological polar surface area (TPSA) is 94.5 Å².